The van der Waals surface area contributed by atoms with Crippen LogP contribution in [0.4, 0.5) is 8.78 Å². The topological polar surface area (TPSA) is 136 Å². The monoisotopic (exact) mass is 489 g/mol. The number of aliphatic hydroxyl groups is 1. The van der Waals surface area contributed by atoms with Crippen molar-refractivity contribution in [1.29, 1.82) is 0 Å². The van der Waals surface area contributed by atoms with E-state index in [1.807, 2.05) is 4.90 Å². The molecule has 11 nitrogen and oxygen atoms in total. The maximum atomic E-state index is 12.5. The maximum Gasteiger partial charge on any atom is 0.387 e. The summed E-state index contributed by atoms with van der Waals surface area (Å²) in [5.41, 5.74) is 0.152. The van der Waals surface area contributed by atoms with E-state index in [1.54, 1.807) is 0 Å². The van der Waals surface area contributed by atoms with Gasteiger partial charge in [0.25, 0.3) is 0 Å². The van der Waals surface area contributed by atoms with Crippen LogP contribution in [-0.2, 0) is 28.6 Å². The zero-order chi connectivity index (χ0) is 25.1. The summed E-state index contributed by atoms with van der Waals surface area (Å²) in [7, 11) is 2.39. The van der Waals surface area contributed by atoms with Crippen LogP contribution in [0.1, 0.15) is 18.1 Å². The predicted molar refractivity (Wildman–Crippen MR) is 113 cm³/mol. The summed E-state index contributed by atoms with van der Waals surface area (Å²) in [6.45, 7) is -0.620. The van der Waals surface area contributed by atoms with Gasteiger partial charge in [0, 0.05) is 20.2 Å². The minimum atomic E-state index is -3.01. The molecule has 2 amide bonds. The van der Waals surface area contributed by atoms with E-state index in [0.29, 0.717) is 26.3 Å². The molecule has 0 aliphatic carbocycles. The Balaban J connectivity index is 1.96. The van der Waals surface area contributed by atoms with E-state index in [2.05, 4.69) is 20.1 Å². The lowest BCUT2D eigenvalue weighted by atomic mass is 10.0. The van der Waals surface area contributed by atoms with Crippen molar-refractivity contribution in [1.82, 2.24) is 15.5 Å². The van der Waals surface area contributed by atoms with Gasteiger partial charge in [-0.3, -0.25) is 14.5 Å². The van der Waals surface area contributed by atoms with Crippen LogP contribution in [0, 0.1) is 0 Å². The molecule has 2 rings (SSSR count). The number of methoxy groups -OCH3 is 2. The summed E-state index contributed by atoms with van der Waals surface area (Å²) in [6.07, 6.45) is -2.86. The molecule has 1 aliphatic rings. The number of ether oxygens (including phenoxy) is 4. The highest BCUT2D eigenvalue weighted by molar-refractivity contribution is 5.86. The predicted octanol–water partition coefficient (Wildman–Crippen LogP) is -0.210. The van der Waals surface area contributed by atoms with Gasteiger partial charge in [0.1, 0.15) is 18.1 Å². The number of halogens is 2. The van der Waals surface area contributed by atoms with Crippen molar-refractivity contribution < 1.29 is 47.2 Å². The van der Waals surface area contributed by atoms with Crippen LogP contribution in [0.3, 0.4) is 0 Å². The molecule has 0 aromatic heterocycles. The van der Waals surface area contributed by atoms with Gasteiger partial charge in [0.05, 0.1) is 33.3 Å². The van der Waals surface area contributed by atoms with Crippen LogP contribution in [-0.4, -0.2) is 93.7 Å². The molecule has 0 unspecified atom stereocenters. The van der Waals surface area contributed by atoms with Crippen molar-refractivity contribution in [2.45, 2.75) is 31.4 Å². The number of alkyl halides is 2. The van der Waals surface area contributed by atoms with E-state index in [-0.39, 0.29) is 30.2 Å². The summed E-state index contributed by atoms with van der Waals surface area (Å²) in [6, 6.07) is 3.42. The molecule has 0 saturated carbocycles. The first-order chi connectivity index (χ1) is 16.2. The first-order valence-electron chi connectivity index (χ1n) is 10.5. The third-order valence-corrected chi connectivity index (χ3v) is 4.98. The molecular formula is C21H29F2N3O8. The molecule has 1 saturated heterocycles. The highest BCUT2D eigenvalue weighted by Gasteiger charge is 2.31. The second kappa shape index (κ2) is 13.7. The van der Waals surface area contributed by atoms with E-state index in [0.717, 1.165) is 7.11 Å². The number of amides is 2. The highest BCUT2D eigenvalue weighted by atomic mass is 19.3. The molecule has 13 heteroatoms. The first kappa shape index (κ1) is 27.4. The fraction of sp³-hybridized carbons (Fsp3) is 0.571. The summed E-state index contributed by atoms with van der Waals surface area (Å²) in [5, 5.41) is 15.5. The molecule has 3 N–H and O–H groups in total. The second-order valence-corrected chi connectivity index (χ2v) is 7.35. The molecule has 1 aliphatic heterocycles. The van der Waals surface area contributed by atoms with Gasteiger partial charge in [0.15, 0.2) is 6.04 Å². The van der Waals surface area contributed by atoms with Crippen molar-refractivity contribution in [3.63, 3.8) is 0 Å². The zero-order valence-corrected chi connectivity index (χ0v) is 18.9. The van der Waals surface area contributed by atoms with Gasteiger partial charge in [-0.05, 0) is 17.7 Å². The Labute approximate surface area is 195 Å². The molecule has 1 heterocycles. The van der Waals surface area contributed by atoms with E-state index in [9.17, 15) is 28.3 Å². The van der Waals surface area contributed by atoms with Gasteiger partial charge < -0.3 is 34.7 Å². The SMILES string of the molecule is COC(=O)[C@@H](NC(=O)C[C@@H](NC(=O)CN1CCOCC1)OC)[C@H](O)c1ccc(OC(F)F)cc1. The van der Waals surface area contributed by atoms with Crippen molar-refractivity contribution in [2.24, 2.45) is 0 Å². The van der Waals surface area contributed by atoms with Crippen LogP contribution in [0.15, 0.2) is 24.3 Å². The quantitative estimate of drug-likeness (QED) is 0.269. The first-order valence-corrected chi connectivity index (χ1v) is 10.5. The number of aliphatic hydroxyl groups excluding tert-OH is 1. The number of hydrogen-bond acceptors (Lipinski definition) is 9. The lowest BCUT2D eigenvalue weighted by Crippen LogP contribution is -2.50. The maximum absolute atomic E-state index is 12.5. The van der Waals surface area contributed by atoms with E-state index >= 15 is 0 Å². The molecule has 1 fully saturated rings. The smallest absolute Gasteiger partial charge is 0.387 e. The van der Waals surface area contributed by atoms with E-state index < -0.39 is 36.9 Å². The molecular weight excluding hydrogens is 460 g/mol. The Morgan fingerprint density at radius 2 is 1.74 bits per heavy atom. The Morgan fingerprint density at radius 3 is 2.29 bits per heavy atom. The number of hydrogen-bond donors (Lipinski definition) is 3. The summed E-state index contributed by atoms with van der Waals surface area (Å²) >= 11 is 0. The van der Waals surface area contributed by atoms with Crippen LogP contribution < -0.4 is 15.4 Å². The average Bonchev–Trinajstić information content (AvgIpc) is 2.82. The fourth-order valence-corrected chi connectivity index (χ4v) is 3.21. The number of carbonyl (C=O) groups excluding carboxylic acids is 3. The third kappa shape index (κ3) is 8.82. The molecule has 0 bridgehead atoms. The summed E-state index contributed by atoms with van der Waals surface area (Å²) < 4.78 is 43.9. The highest BCUT2D eigenvalue weighted by Crippen LogP contribution is 2.22. The number of benzene rings is 1. The van der Waals surface area contributed by atoms with Crippen molar-refractivity contribution in [3.05, 3.63) is 29.8 Å². The Bertz CT molecular complexity index is 806. The van der Waals surface area contributed by atoms with Crippen LogP contribution in [0.2, 0.25) is 0 Å². The lowest BCUT2D eigenvalue weighted by molar-refractivity contribution is -0.149. The van der Waals surface area contributed by atoms with Crippen LogP contribution >= 0.6 is 0 Å². The molecule has 0 spiro atoms. The van der Waals surface area contributed by atoms with Crippen LogP contribution in [0.5, 0.6) is 5.75 Å². The van der Waals surface area contributed by atoms with Gasteiger partial charge in [-0.2, -0.15) is 8.78 Å². The summed E-state index contributed by atoms with van der Waals surface area (Å²) in [5.74, 6) is -2.12. The number of rotatable bonds is 12. The molecule has 3 atom stereocenters. The minimum absolute atomic E-state index is 0.111. The number of carbonyl (C=O) groups is 3. The van der Waals surface area contributed by atoms with Crippen LogP contribution in [0.25, 0.3) is 0 Å². The summed E-state index contributed by atoms with van der Waals surface area (Å²) in [4.78, 5) is 38.9. The number of nitrogens with one attached hydrogen (secondary N) is 2. The fourth-order valence-electron chi connectivity index (χ4n) is 3.21. The van der Waals surface area contributed by atoms with Gasteiger partial charge >= 0.3 is 12.6 Å². The average molecular weight is 489 g/mol. The molecule has 190 valence electrons. The number of nitrogens with zero attached hydrogens (tertiary/aromatic N) is 1. The standard InChI is InChI=1S/C21H29F2N3O8/c1-31-17(24-16(28)12-26-7-9-33-10-8-26)11-15(27)25-18(20(30)32-2)19(29)13-3-5-14(6-4-13)34-21(22)23/h3-6,17-19,21,29H,7-12H2,1-2H3,(H,24,28)(H,25,27)/t17-,18-,19+/m0/s1. The molecule has 34 heavy (non-hydrogen) atoms. The van der Waals surface area contributed by atoms with Crippen molar-refractivity contribution in [3.8, 4) is 5.75 Å². The van der Waals surface area contributed by atoms with Gasteiger partial charge in [0.2, 0.25) is 11.8 Å². The van der Waals surface area contributed by atoms with Crippen molar-refractivity contribution >= 4 is 17.8 Å². The third-order valence-electron chi connectivity index (χ3n) is 4.98. The zero-order valence-electron chi connectivity index (χ0n) is 18.9. The Kier molecular flexibility index (Phi) is 11.1. The largest absolute Gasteiger partial charge is 0.467 e. The Morgan fingerprint density at radius 1 is 1.09 bits per heavy atom. The molecule has 1 aromatic rings. The molecule has 1 aromatic carbocycles. The Hall–Kier alpha value is -2.87. The minimum Gasteiger partial charge on any atom is -0.467 e. The normalized spacial score (nSPS) is 16.9. The van der Waals surface area contributed by atoms with Crippen molar-refractivity contribution in [2.75, 3.05) is 47.1 Å². The van der Waals surface area contributed by atoms with Gasteiger partial charge in [-0.25, -0.2) is 4.79 Å². The van der Waals surface area contributed by atoms with E-state index in [4.69, 9.17) is 9.47 Å². The van der Waals surface area contributed by atoms with Gasteiger partial charge in [-0.15, -0.1) is 0 Å². The van der Waals surface area contributed by atoms with Gasteiger partial charge in [-0.1, -0.05) is 12.1 Å². The lowest BCUT2D eigenvalue weighted by Gasteiger charge is -2.27. The number of esters is 1. The number of morpholine rings is 1. The second-order valence-electron chi connectivity index (χ2n) is 7.35. The van der Waals surface area contributed by atoms with E-state index in [1.165, 1.54) is 31.4 Å². The molecule has 0 radical (unpaired) electrons.